The number of pyridine rings is 1. The highest BCUT2D eigenvalue weighted by Gasteiger charge is 2.10. The molecule has 0 amide bonds. The molecule has 3 heteroatoms. The fraction of sp³-hybridized carbons (Fsp3) is 0.150. The van der Waals surface area contributed by atoms with Crippen LogP contribution in [-0.4, -0.2) is 7.11 Å². The van der Waals surface area contributed by atoms with Crippen molar-refractivity contribution in [3.8, 4) is 5.75 Å². The second-order valence-corrected chi connectivity index (χ2v) is 5.17. The highest BCUT2D eigenvalue weighted by molar-refractivity contribution is 14.0. The van der Waals surface area contributed by atoms with Crippen LogP contribution in [0, 0.1) is 0 Å². The lowest BCUT2D eigenvalue weighted by Gasteiger charge is -2.03. The van der Waals surface area contributed by atoms with E-state index in [9.17, 15) is 0 Å². The third-order valence-corrected chi connectivity index (χ3v) is 3.85. The van der Waals surface area contributed by atoms with E-state index in [0.717, 1.165) is 17.9 Å². The number of fused-ring (bicyclic) bond motifs is 1. The summed E-state index contributed by atoms with van der Waals surface area (Å²) in [4.78, 5) is 0. The van der Waals surface area contributed by atoms with Gasteiger partial charge < -0.3 is 4.74 Å². The summed E-state index contributed by atoms with van der Waals surface area (Å²) in [5.41, 5.74) is 3.63. The molecule has 0 bridgehead atoms. The molecule has 0 atom stereocenters. The first kappa shape index (κ1) is 17.5. The number of methoxy groups -OCH3 is 1. The van der Waals surface area contributed by atoms with Crippen molar-refractivity contribution in [2.24, 2.45) is 0 Å². The minimum absolute atomic E-state index is 0. The van der Waals surface area contributed by atoms with Gasteiger partial charge >= 0.3 is 0 Å². The SMILES string of the molecule is CC[n+]1c(/C=C/c2ccc(OC)cc2)ccc2ccccc21.I. The summed E-state index contributed by atoms with van der Waals surface area (Å²) in [6, 6.07) is 20.9. The van der Waals surface area contributed by atoms with Gasteiger partial charge in [0.05, 0.1) is 7.11 Å². The summed E-state index contributed by atoms with van der Waals surface area (Å²) in [5.74, 6) is 0.881. The lowest BCUT2D eigenvalue weighted by molar-refractivity contribution is -0.669. The molecular formula is C20H21INO+. The molecule has 0 fully saturated rings. The molecule has 0 radical (unpaired) electrons. The van der Waals surface area contributed by atoms with Crippen molar-refractivity contribution in [1.82, 2.24) is 0 Å². The number of ether oxygens (including phenoxy) is 1. The molecule has 0 unspecified atom stereocenters. The lowest BCUT2D eigenvalue weighted by Crippen LogP contribution is -2.36. The monoisotopic (exact) mass is 418 g/mol. The molecular weight excluding hydrogens is 397 g/mol. The van der Waals surface area contributed by atoms with Crippen LogP contribution in [0.3, 0.4) is 0 Å². The third-order valence-electron chi connectivity index (χ3n) is 3.85. The maximum absolute atomic E-state index is 5.19. The van der Waals surface area contributed by atoms with E-state index in [1.165, 1.54) is 16.6 Å². The molecule has 2 nitrogen and oxygen atoms in total. The number of aromatic nitrogens is 1. The lowest BCUT2D eigenvalue weighted by atomic mass is 10.1. The quantitative estimate of drug-likeness (QED) is 0.432. The predicted molar refractivity (Wildman–Crippen MR) is 107 cm³/mol. The van der Waals surface area contributed by atoms with Crippen molar-refractivity contribution >= 4 is 47.0 Å². The van der Waals surface area contributed by atoms with E-state index >= 15 is 0 Å². The van der Waals surface area contributed by atoms with Crippen molar-refractivity contribution in [3.63, 3.8) is 0 Å². The minimum Gasteiger partial charge on any atom is -0.497 e. The Labute approximate surface area is 154 Å². The van der Waals surface area contributed by atoms with Gasteiger partial charge in [-0.2, -0.15) is 4.57 Å². The van der Waals surface area contributed by atoms with Crippen molar-refractivity contribution in [3.05, 3.63) is 71.9 Å². The van der Waals surface area contributed by atoms with Gasteiger partial charge in [0.2, 0.25) is 11.2 Å². The first-order valence-electron chi connectivity index (χ1n) is 7.55. The molecule has 0 aliphatic rings. The fourth-order valence-electron chi connectivity index (χ4n) is 2.67. The van der Waals surface area contributed by atoms with Crippen LogP contribution in [0.1, 0.15) is 18.2 Å². The van der Waals surface area contributed by atoms with Crippen LogP contribution in [0.25, 0.3) is 23.1 Å². The van der Waals surface area contributed by atoms with Gasteiger partial charge in [0.15, 0.2) is 0 Å². The number of benzene rings is 2. The summed E-state index contributed by atoms with van der Waals surface area (Å²) in [6.07, 6.45) is 4.30. The molecule has 0 saturated carbocycles. The van der Waals surface area contributed by atoms with Crippen LogP contribution in [-0.2, 0) is 6.54 Å². The Kier molecular flexibility index (Phi) is 6.16. The van der Waals surface area contributed by atoms with Crippen molar-refractivity contribution in [2.45, 2.75) is 13.5 Å². The van der Waals surface area contributed by atoms with Crippen molar-refractivity contribution in [2.75, 3.05) is 7.11 Å². The largest absolute Gasteiger partial charge is 0.497 e. The normalized spacial score (nSPS) is 10.7. The van der Waals surface area contributed by atoms with Crippen LogP contribution in [0.15, 0.2) is 60.7 Å². The number of halogens is 1. The standard InChI is InChI=1S/C20H20NO.HI/c1-3-21-18(13-11-17-6-4-5-7-20(17)21)12-8-16-9-14-19(22-2)15-10-16;/h4-15H,3H2,1-2H3;1H/q+1;/b12-8+;. The van der Waals surface area contributed by atoms with Gasteiger partial charge in [-0.1, -0.05) is 24.3 Å². The van der Waals surface area contributed by atoms with Gasteiger partial charge in [-0.3, -0.25) is 0 Å². The van der Waals surface area contributed by atoms with E-state index in [1.807, 2.05) is 12.1 Å². The Morgan fingerprint density at radius 1 is 0.913 bits per heavy atom. The van der Waals surface area contributed by atoms with E-state index in [0.29, 0.717) is 0 Å². The minimum atomic E-state index is 0. The molecule has 1 aromatic heterocycles. The van der Waals surface area contributed by atoms with Gasteiger partial charge in [0, 0.05) is 23.6 Å². The number of para-hydroxylation sites is 1. The Morgan fingerprint density at radius 2 is 1.65 bits per heavy atom. The van der Waals surface area contributed by atoms with E-state index in [4.69, 9.17) is 4.74 Å². The molecule has 1 heterocycles. The molecule has 0 aliphatic heterocycles. The smallest absolute Gasteiger partial charge is 0.212 e. The van der Waals surface area contributed by atoms with E-state index in [-0.39, 0.29) is 24.0 Å². The first-order chi connectivity index (χ1) is 10.8. The zero-order valence-corrected chi connectivity index (χ0v) is 15.7. The Bertz CT molecular complexity index is 809. The summed E-state index contributed by atoms with van der Waals surface area (Å²) < 4.78 is 7.52. The van der Waals surface area contributed by atoms with Crippen LogP contribution >= 0.6 is 24.0 Å². The zero-order valence-electron chi connectivity index (χ0n) is 13.4. The topological polar surface area (TPSA) is 13.1 Å². The van der Waals surface area contributed by atoms with E-state index < -0.39 is 0 Å². The fourth-order valence-corrected chi connectivity index (χ4v) is 2.67. The first-order valence-corrected chi connectivity index (χ1v) is 7.55. The average molecular weight is 418 g/mol. The number of hydrogen-bond donors (Lipinski definition) is 0. The zero-order chi connectivity index (χ0) is 15.4. The maximum atomic E-state index is 5.19. The molecule has 3 aromatic rings. The Balaban J connectivity index is 0.00000192. The Morgan fingerprint density at radius 3 is 2.35 bits per heavy atom. The highest BCUT2D eigenvalue weighted by atomic mass is 127. The second kappa shape index (κ2) is 8.11. The number of hydrogen-bond acceptors (Lipinski definition) is 1. The van der Waals surface area contributed by atoms with Crippen LogP contribution < -0.4 is 9.30 Å². The van der Waals surface area contributed by atoms with Gasteiger partial charge in [-0.15, -0.1) is 24.0 Å². The van der Waals surface area contributed by atoms with Gasteiger partial charge in [-0.25, -0.2) is 0 Å². The molecule has 0 spiro atoms. The molecule has 3 rings (SSSR count). The third kappa shape index (κ3) is 3.91. The van der Waals surface area contributed by atoms with Crippen LogP contribution in [0.2, 0.25) is 0 Å². The number of nitrogens with zero attached hydrogens (tertiary/aromatic N) is 1. The van der Waals surface area contributed by atoms with Crippen molar-refractivity contribution in [1.29, 1.82) is 0 Å². The molecule has 0 saturated heterocycles. The van der Waals surface area contributed by atoms with Crippen LogP contribution in [0.4, 0.5) is 0 Å². The maximum Gasteiger partial charge on any atom is 0.212 e. The number of rotatable bonds is 4. The second-order valence-electron chi connectivity index (χ2n) is 5.17. The summed E-state index contributed by atoms with van der Waals surface area (Å²) >= 11 is 0. The van der Waals surface area contributed by atoms with Gasteiger partial charge in [-0.05, 0) is 42.8 Å². The average Bonchev–Trinajstić information content (AvgIpc) is 2.59. The Hall–Kier alpha value is -1.88. The van der Waals surface area contributed by atoms with Crippen LogP contribution in [0.5, 0.6) is 5.75 Å². The number of aryl methyl sites for hydroxylation is 1. The van der Waals surface area contributed by atoms with Gasteiger partial charge in [0.25, 0.3) is 0 Å². The molecule has 118 valence electrons. The molecule has 0 aliphatic carbocycles. The summed E-state index contributed by atoms with van der Waals surface area (Å²) in [5, 5.41) is 1.27. The van der Waals surface area contributed by atoms with Gasteiger partial charge in [0.1, 0.15) is 12.3 Å². The van der Waals surface area contributed by atoms with E-state index in [1.54, 1.807) is 7.11 Å². The molecule has 23 heavy (non-hydrogen) atoms. The molecule has 2 aromatic carbocycles. The highest BCUT2D eigenvalue weighted by Crippen LogP contribution is 2.15. The van der Waals surface area contributed by atoms with Crippen molar-refractivity contribution < 1.29 is 9.30 Å². The van der Waals surface area contributed by atoms with E-state index in [2.05, 4.69) is 72.2 Å². The summed E-state index contributed by atoms with van der Waals surface area (Å²) in [6.45, 7) is 3.13. The summed E-state index contributed by atoms with van der Waals surface area (Å²) in [7, 11) is 1.68. The molecule has 0 N–H and O–H groups in total. The predicted octanol–water partition coefficient (Wildman–Crippen LogP) is 4.94.